The summed E-state index contributed by atoms with van der Waals surface area (Å²) in [5.41, 5.74) is 5.43. The van der Waals surface area contributed by atoms with Crippen LogP contribution in [0.5, 0.6) is 5.75 Å². The van der Waals surface area contributed by atoms with Crippen molar-refractivity contribution < 1.29 is 19.4 Å². The molecule has 0 aliphatic heterocycles. The molecule has 0 heterocycles. The molecule has 0 aliphatic rings. The number of Topliss-reactive ketones (excluding diaryl/α,β-unsaturated/α-hetero) is 1. The second-order valence-corrected chi connectivity index (χ2v) is 10.4. The Kier molecular flexibility index (Phi) is 9.46. The summed E-state index contributed by atoms with van der Waals surface area (Å²) < 4.78 is 6.40. The molecule has 3 aromatic carbocycles. The number of ether oxygens (including phenoxy) is 1. The van der Waals surface area contributed by atoms with Gasteiger partial charge in [-0.1, -0.05) is 94.8 Å². The molecule has 1 atom stereocenters. The van der Waals surface area contributed by atoms with Gasteiger partial charge in [-0.3, -0.25) is 9.59 Å². The van der Waals surface area contributed by atoms with Gasteiger partial charge in [0.25, 0.3) is 0 Å². The highest BCUT2D eigenvalue weighted by atomic mass is 16.5. The second-order valence-electron chi connectivity index (χ2n) is 10.4. The zero-order valence-corrected chi connectivity index (χ0v) is 21.9. The topological polar surface area (TPSA) is 63.6 Å². The van der Waals surface area contributed by atoms with E-state index in [-0.39, 0.29) is 30.1 Å². The molecule has 0 amide bonds. The largest absolute Gasteiger partial charge is 0.486 e. The molecule has 0 spiro atoms. The van der Waals surface area contributed by atoms with Crippen LogP contribution in [0.2, 0.25) is 0 Å². The Bertz CT molecular complexity index is 1120. The molecule has 4 heteroatoms. The first-order valence-corrected chi connectivity index (χ1v) is 12.9. The molecule has 0 aliphatic carbocycles. The minimum absolute atomic E-state index is 0.0117. The van der Waals surface area contributed by atoms with Crippen molar-refractivity contribution in [2.45, 2.75) is 77.7 Å². The lowest BCUT2D eigenvalue weighted by atomic mass is 9.86. The number of rotatable bonds is 12. The number of carboxylic acid groups (broad SMARTS) is 1. The normalized spacial score (nSPS) is 12.2. The zero-order chi connectivity index (χ0) is 26.1. The van der Waals surface area contributed by atoms with Gasteiger partial charge in [-0.15, -0.1) is 0 Å². The van der Waals surface area contributed by atoms with Crippen LogP contribution >= 0.6 is 0 Å². The molecule has 4 nitrogen and oxygen atoms in total. The smallest absolute Gasteiger partial charge is 0.303 e. The summed E-state index contributed by atoms with van der Waals surface area (Å²) in [6.07, 6.45) is 3.51. The molecule has 0 saturated carbocycles. The first kappa shape index (κ1) is 27.2. The molecule has 0 radical (unpaired) electrons. The fourth-order valence-electron chi connectivity index (χ4n) is 4.16. The minimum atomic E-state index is -0.875. The summed E-state index contributed by atoms with van der Waals surface area (Å²) >= 11 is 0. The van der Waals surface area contributed by atoms with Crippen molar-refractivity contribution in [1.29, 1.82) is 0 Å². The van der Waals surface area contributed by atoms with Crippen LogP contribution in [-0.2, 0) is 10.2 Å². The highest BCUT2D eigenvalue weighted by molar-refractivity contribution is 5.96. The molecule has 3 aromatic rings. The Labute approximate surface area is 215 Å². The Hall–Kier alpha value is -3.40. The summed E-state index contributed by atoms with van der Waals surface area (Å²) in [5.74, 6) is -0.0829. The number of benzene rings is 3. The summed E-state index contributed by atoms with van der Waals surface area (Å²) in [5, 5.41) is 8.77. The van der Waals surface area contributed by atoms with Crippen LogP contribution < -0.4 is 4.74 Å². The maximum atomic E-state index is 12.4. The van der Waals surface area contributed by atoms with E-state index >= 15 is 0 Å². The van der Waals surface area contributed by atoms with Gasteiger partial charge in [-0.2, -0.15) is 0 Å². The third-order valence-electron chi connectivity index (χ3n) is 6.44. The van der Waals surface area contributed by atoms with E-state index in [1.54, 1.807) is 0 Å². The number of carbonyl (C=O) groups is 2. The number of carbonyl (C=O) groups excluding carboxylic acids is 1. The van der Waals surface area contributed by atoms with Crippen LogP contribution in [0.25, 0.3) is 11.1 Å². The van der Waals surface area contributed by atoms with Crippen LogP contribution in [-0.4, -0.2) is 16.9 Å². The fourth-order valence-corrected chi connectivity index (χ4v) is 4.16. The molecule has 36 heavy (non-hydrogen) atoms. The molecular weight excluding hydrogens is 448 g/mol. The van der Waals surface area contributed by atoms with E-state index in [9.17, 15) is 9.59 Å². The van der Waals surface area contributed by atoms with Crippen LogP contribution in [0, 0.1) is 0 Å². The monoisotopic (exact) mass is 486 g/mol. The summed E-state index contributed by atoms with van der Waals surface area (Å²) in [7, 11) is 0. The Morgan fingerprint density at radius 3 is 1.92 bits per heavy atom. The van der Waals surface area contributed by atoms with Gasteiger partial charge in [-0.05, 0) is 59.1 Å². The zero-order valence-electron chi connectivity index (χ0n) is 21.9. The number of aliphatic carboxylic acids is 1. The number of hydrogen-bond donors (Lipinski definition) is 1. The maximum absolute atomic E-state index is 12.4. The summed E-state index contributed by atoms with van der Waals surface area (Å²) in [6.45, 7) is 8.82. The van der Waals surface area contributed by atoms with E-state index in [0.717, 1.165) is 36.1 Å². The predicted molar refractivity (Wildman–Crippen MR) is 146 cm³/mol. The van der Waals surface area contributed by atoms with Crippen molar-refractivity contribution in [3.05, 3.63) is 89.5 Å². The number of carboxylic acids is 1. The Morgan fingerprint density at radius 2 is 1.39 bits per heavy atom. The van der Waals surface area contributed by atoms with E-state index in [0.29, 0.717) is 12.0 Å². The van der Waals surface area contributed by atoms with Gasteiger partial charge in [0.1, 0.15) is 11.9 Å². The lowest BCUT2D eigenvalue weighted by Gasteiger charge is -2.20. The third-order valence-corrected chi connectivity index (χ3v) is 6.44. The van der Waals surface area contributed by atoms with Crippen LogP contribution in [0.1, 0.15) is 93.8 Å². The van der Waals surface area contributed by atoms with Gasteiger partial charge in [-0.25, -0.2) is 0 Å². The molecule has 0 fully saturated rings. The van der Waals surface area contributed by atoms with Crippen molar-refractivity contribution >= 4 is 11.8 Å². The molecule has 190 valence electrons. The van der Waals surface area contributed by atoms with Crippen LogP contribution in [0.3, 0.4) is 0 Å². The van der Waals surface area contributed by atoms with E-state index in [1.165, 1.54) is 11.1 Å². The average Bonchev–Trinajstić information content (AvgIpc) is 2.86. The molecule has 0 saturated heterocycles. The maximum Gasteiger partial charge on any atom is 0.303 e. The van der Waals surface area contributed by atoms with E-state index in [1.807, 2.05) is 36.4 Å². The SMILES string of the molecule is CCCCC(Oc1ccc(-c2ccc(C(C)(C)C)cc2)cc1)c1ccc(C(=O)CCCC(=O)O)cc1. The number of hydrogen-bond acceptors (Lipinski definition) is 3. The third kappa shape index (κ3) is 7.81. The Balaban J connectivity index is 1.69. The van der Waals surface area contributed by atoms with Gasteiger partial charge in [0.15, 0.2) is 5.78 Å². The summed E-state index contributed by atoms with van der Waals surface area (Å²) in [6, 6.07) is 24.5. The minimum Gasteiger partial charge on any atom is -0.486 e. The van der Waals surface area contributed by atoms with Gasteiger partial charge in [0, 0.05) is 18.4 Å². The standard InChI is InChI=1S/C32H38O4/c1-5-6-9-30(26-13-11-25(12-14-26)29(33)8-7-10-31(34)35)36-28-21-17-24(18-22-28)23-15-19-27(20-16-23)32(2,3)4/h11-22,30H,5-10H2,1-4H3,(H,34,35). The van der Waals surface area contributed by atoms with Crippen molar-refractivity contribution in [3.63, 3.8) is 0 Å². The highest BCUT2D eigenvalue weighted by Gasteiger charge is 2.16. The van der Waals surface area contributed by atoms with E-state index in [4.69, 9.17) is 9.84 Å². The number of unbranched alkanes of at least 4 members (excludes halogenated alkanes) is 1. The summed E-state index contributed by atoms with van der Waals surface area (Å²) in [4.78, 5) is 23.0. The van der Waals surface area contributed by atoms with Crippen molar-refractivity contribution in [3.8, 4) is 16.9 Å². The lowest BCUT2D eigenvalue weighted by molar-refractivity contribution is -0.137. The van der Waals surface area contributed by atoms with Gasteiger partial charge >= 0.3 is 5.97 Å². The second kappa shape index (κ2) is 12.5. The molecular formula is C32H38O4. The Morgan fingerprint density at radius 1 is 0.806 bits per heavy atom. The van der Waals surface area contributed by atoms with Crippen molar-refractivity contribution in [2.75, 3.05) is 0 Å². The average molecular weight is 487 g/mol. The van der Waals surface area contributed by atoms with Crippen molar-refractivity contribution in [2.24, 2.45) is 0 Å². The lowest BCUT2D eigenvalue weighted by Crippen LogP contribution is -2.10. The molecule has 1 N–H and O–H groups in total. The molecule has 1 unspecified atom stereocenters. The van der Waals surface area contributed by atoms with Gasteiger partial charge in [0.05, 0.1) is 0 Å². The highest BCUT2D eigenvalue weighted by Crippen LogP contribution is 2.30. The number of ketones is 1. The van der Waals surface area contributed by atoms with Gasteiger partial charge < -0.3 is 9.84 Å². The van der Waals surface area contributed by atoms with E-state index in [2.05, 4.69) is 64.1 Å². The molecule has 0 aromatic heterocycles. The molecule has 0 bridgehead atoms. The van der Waals surface area contributed by atoms with E-state index < -0.39 is 5.97 Å². The first-order valence-electron chi connectivity index (χ1n) is 12.9. The first-order chi connectivity index (χ1) is 17.2. The quantitative estimate of drug-likeness (QED) is 0.261. The fraction of sp³-hybridized carbons (Fsp3) is 0.375. The van der Waals surface area contributed by atoms with Crippen LogP contribution in [0.4, 0.5) is 0 Å². The van der Waals surface area contributed by atoms with Crippen LogP contribution in [0.15, 0.2) is 72.8 Å². The van der Waals surface area contributed by atoms with Crippen molar-refractivity contribution in [1.82, 2.24) is 0 Å². The predicted octanol–water partition coefficient (Wildman–Crippen LogP) is 8.40. The molecule has 3 rings (SSSR count). The van der Waals surface area contributed by atoms with Gasteiger partial charge in [0.2, 0.25) is 0 Å².